The van der Waals surface area contributed by atoms with Gasteiger partial charge in [0.25, 0.3) is 0 Å². The molecule has 0 saturated carbocycles. The molecule has 3 nitrogen and oxygen atoms in total. The van der Waals surface area contributed by atoms with Crippen LogP contribution in [-0.2, 0) is 0 Å². The van der Waals surface area contributed by atoms with Gasteiger partial charge in [-0.05, 0) is 12.5 Å². The monoisotopic (exact) mass is 259 g/mol. The quantitative estimate of drug-likeness (QED) is 0.770. The molecule has 0 aliphatic heterocycles. The van der Waals surface area contributed by atoms with Crippen LogP contribution in [0.2, 0.25) is 0 Å². The van der Waals surface area contributed by atoms with Gasteiger partial charge < -0.3 is 15.6 Å². The zero-order valence-corrected chi connectivity index (χ0v) is 11.3. The van der Waals surface area contributed by atoms with Crippen LogP contribution in [0.25, 0.3) is 0 Å². The van der Waals surface area contributed by atoms with E-state index in [1.165, 1.54) is 12.8 Å². The molecular formula is C13H22ClNO2. The van der Waals surface area contributed by atoms with E-state index in [4.69, 9.17) is 10.5 Å². The molecule has 0 aliphatic carbocycles. The Morgan fingerprint density at radius 2 is 2.06 bits per heavy atom. The summed E-state index contributed by atoms with van der Waals surface area (Å²) in [6, 6.07) is 5.08. The molecule has 3 N–H and O–H groups in total. The molecular weight excluding hydrogens is 238 g/mol. The van der Waals surface area contributed by atoms with E-state index in [1.807, 2.05) is 6.07 Å². The minimum atomic E-state index is -0.0119. The number of benzene rings is 1. The maximum absolute atomic E-state index is 9.34. The Bertz CT molecular complexity index is 331. The number of ether oxygens (including phenoxy) is 1. The summed E-state index contributed by atoms with van der Waals surface area (Å²) < 4.78 is 5.21. The van der Waals surface area contributed by atoms with E-state index in [-0.39, 0.29) is 24.2 Å². The second-order valence-electron chi connectivity index (χ2n) is 4.03. The minimum Gasteiger partial charge on any atom is -0.508 e. The zero-order chi connectivity index (χ0) is 12.0. The maximum Gasteiger partial charge on any atom is 0.127 e. The van der Waals surface area contributed by atoms with Crippen molar-refractivity contribution in [1.29, 1.82) is 0 Å². The molecule has 0 fully saturated rings. The number of phenolic OH excluding ortho intramolecular Hbond substituents is 1. The molecule has 1 rings (SSSR count). The summed E-state index contributed by atoms with van der Waals surface area (Å²) in [5.41, 5.74) is 7.07. The van der Waals surface area contributed by atoms with Crippen molar-refractivity contribution < 1.29 is 9.84 Å². The molecule has 1 atom stereocenters. The molecule has 17 heavy (non-hydrogen) atoms. The Hall–Kier alpha value is -0.930. The van der Waals surface area contributed by atoms with Crippen LogP contribution in [0.4, 0.5) is 0 Å². The number of methoxy groups -OCH3 is 1. The van der Waals surface area contributed by atoms with Gasteiger partial charge in [0.1, 0.15) is 11.5 Å². The van der Waals surface area contributed by atoms with Gasteiger partial charge in [-0.1, -0.05) is 32.3 Å². The van der Waals surface area contributed by atoms with Gasteiger partial charge in [-0.15, -0.1) is 12.4 Å². The second kappa shape index (κ2) is 8.20. The van der Waals surface area contributed by atoms with Crippen LogP contribution in [0.15, 0.2) is 18.2 Å². The third kappa shape index (κ3) is 4.84. The molecule has 0 radical (unpaired) electrons. The fourth-order valence-corrected chi connectivity index (χ4v) is 1.78. The van der Waals surface area contributed by atoms with E-state index in [2.05, 4.69) is 6.92 Å². The van der Waals surface area contributed by atoms with E-state index in [0.717, 1.165) is 18.4 Å². The predicted molar refractivity (Wildman–Crippen MR) is 73.0 cm³/mol. The molecule has 0 aliphatic rings. The fourth-order valence-electron chi connectivity index (χ4n) is 1.78. The van der Waals surface area contributed by atoms with Crippen molar-refractivity contribution >= 4 is 12.4 Å². The predicted octanol–water partition coefficient (Wildman–Crippen LogP) is 3.40. The molecule has 0 spiro atoms. The summed E-state index contributed by atoms with van der Waals surface area (Å²) in [4.78, 5) is 0. The van der Waals surface area contributed by atoms with Crippen LogP contribution < -0.4 is 10.5 Å². The highest BCUT2D eigenvalue weighted by Gasteiger charge is 2.11. The Morgan fingerprint density at radius 3 is 2.65 bits per heavy atom. The van der Waals surface area contributed by atoms with Crippen LogP contribution in [-0.4, -0.2) is 12.2 Å². The number of unbranched alkanes of at least 4 members (excludes halogenated alkanes) is 2. The van der Waals surface area contributed by atoms with Gasteiger partial charge in [-0.3, -0.25) is 0 Å². The molecule has 98 valence electrons. The van der Waals surface area contributed by atoms with Gasteiger partial charge in [0.15, 0.2) is 0 Å². The Kier molecular flexibility index (Phi) is 7.75. The summed E-state index contributed by atoms with van der Waals surface area (Å²) >= 11 is 0. The van der Waals surface area contributed by atoms with Gasteiger partial charge in [-0.2, -0.15) is 0 Å². The standard InChI is InChI=1S/C13H21NO2.ClH/c1-3-4-5-6-12(14)11-8-7-10(15)9-13(11)16-2;/h7-9,12,15H,3-6,14H2,1-2H3;1H/t12-;/m1./s1. The Balaban J connectivity index is 0.00000256. The van der Waals surface area contributed by atoms with Crippen molar-refractivity contribution in [2.24, 2.45) is 5.73 Å². The third-order valence-electron chi connectivity index (χ3n) is 2.74. The number of hydrogen-bond donors (Lipinski definition) is 2. The molecule has 1 aromatic rings. The highest BCUT2D eigenvalue weighted by molar-refractivity contribution is 5.85. The van der Waals surface area contributed by atoms with E-state index in [9.17, 15) is 5.11 Å². The van der Waals surface area contributed by atoms with Crippen molar-refractivity contribution in [3.63, 3.8) is 0 Å². The third-order valence-corrected chi connectivity index (χ3v) is 2.74. The van der Waals surface area contributed by atoms with Gasteiger partial charge in [0, 0.05) is 17.7 Å². The number of nitrogens with two attached hydrogens (primary N) is 1. The van der Waals surface area contributed by atoms with Gasteiger partial charge in [-0.25, -0.2) is 0 Å². The average Bonchev–Trinajstić information content (AvgIpc) is 2.29. The van der Waals surface area contributed by atoms with Crippen molar-refractivity contribution in [1.82, 2.24) is 0 Å². The largest absolute Gasteiger partial charge is 0.508 e. The molecule has 0 unspecified atom stereocenters. The molecule has 0 bridgehead atoms. The zero-order valence-electron chi connectivity index (χ0n) is 10.5. The smallest absolute Gasteiger partial charge is 0.127 e. The van der Waals surface area contributed by atoms with Gasteiger partial charge in [0.2, 0.25) is 0 Å². The van der Waals surface area contributed by atoms with E-state index < -0.39 is 0 Å². The Morgan fingerprint density at radius 1 is 1.35 bits per heavy atom. The first kappa shape index (κ1) is 16.1. The van der Waals surface area contributed by atoms with Crippen molar-refractivity contribution in [3.8, 4) is 11.5 Å². The normalized spacial score (nSPS) is 11.7. The molecule has 1 aromatic carbocycles. The lowest BCUT2D eigenvalue weighted by molar-refractivity contribution is 0.396. The van der Waals surface area contributed by atoms with Crippen molar-refractivity contribution in [2.75, 3.05) is 7.11 Å². The summed E-state index contributed by atoms with van der Waals surface area (Å²) in [7, 11) is 1.59. The number of hydrogen-bond acceptors (Lipinski definition) is 3. The fraction of sp³-hybridized carbons (Fsp3) is 0.538. The van der Waals surface area contributed by atoms with Crippen molar-refractivity contribution in [3.05, 3.63) is 23.8 Å². The van der Waals surface area contributed by atoms with Crippen LogP contribution in [0, 0.1) is 0 Å². The SMILES string of the molecule is CCCCC[C@@H](N)c1ccc(O)cc1OC.Cl. The maximum atomic E-state index is 9.34. The number of rotatable bonds is 6. The number of phenols is 1. The lowest BCUT2D eigenvalue weighted by Crippen LogP contribution is -2.11. The van der Waals surface area contributed by atoms with Gasteiger partial charge >= 0.3 is 0 Å². The van der Waals surface area contributed by atoms with E-state index in [1.54, 1.807) is 19.2 Å². The molecule has 0 aromatic heterocycles. The Labute approximate surface area is 109 Å². The lowest BCUT2D eigenvalue weighted by atomic mass is 10.0. The minimum absolute atomic E-state index is 0. The highest BCUT2D eigenvalue weighted by Crippen LogP contribution is 2.30. The van der Waals surface area contributed by atoms with Crippen LogP contribution >= 0.6 is 12.4 Å². The first-order valence-corrected chi connectivity index (χ1v) is 5.81. The number of aromatic hydroxyl groups is 1. The van der Waals surface area contributed by atoms with E-state index >= 15 is 0 Å². The van der Waals surface area contributed by atoms with Crippen LogP contribution in [0.3, 0.4) is 0 Å². The second-order valence-corrected chi connectivity index (χ2v) is 4.03. The average molecular weight is 260 g/mol. The van der Waals surface area contributed by atoms with E-state index in [0.29, 0.717) is 5.75 Å². The first-order chi connectivity index (χ1) is 7.69. The van der Waals surface area contributed by atoms with Crippen LogP contribution in [0.1, 0.15) is 44.2 Å². The van der Waals surface area contributed by atoms with Crippen LogP contribution in [0.5, 0.6) is 11.5 Å². The number of halogens is 1. The van der Waals surface area contributed by atoms with Gasteiger partial charge in [0.05, 0.1) is 7.11 Å². The summed E-state index contributed by atoms with van der Waals surface area (Å²) in [6.45, 7) is 2.17. The summed E-state index contributed by atoms with van der Waals surface area (Å²) in [5.74, 6) is 0.880. The topological polar surface area (TPSA) is 55.5 Å². The molecule has 4 heteroatoms. The lowest BCUT2D eigenvalue weighted by Gasteiger charge is -2.15. The molecule has 0 heterocycles. The highest BCUT2D eigenvalue weighted by atomic mass is 35.5. The molecule has 0 saturated heterocycles. The van der Waals surface area contributed by atoms with Crippen molar-refractivity contribution in [2.45, 2.75) is 38.6 Å². The molecule has 0 amide bonds. The first-order valence-electron chi connectivity index (χ1n) is 5.81. The summed E-state index contributed by atoms with van der Waals surface area (Å²) in [6.07, 6.45) is 4.48. The summed E-state index contributed by atoms with van der Waals surface area (Å²) in [5, 5.41) is 9.34.